The molecule has 0 bridgehead atoms. The molecule has 6 nitrogen and oxygen atoms in total. The predicted molar refractivity (Wildman–Crippen MR) is 82.6 cm³/mol. The number of pyridine rings is 1. The molecule has 2 heterocycles. The highest BCUT2D eigenvalue weighted by Crippen LogP contribution is 2.30. The van der Waals surface area contributed by atoms with Crippen molar-refractivity contribution in [3.63, 3.8) is 0 Å². The van der Waals surface area contributed by atoms with Crippen LogP contribution in [0.1, 0.15) is 26.3 Å². The third-order valence-corrected chi connectivity index (χ3v) is 4.27. The number of imide groups is 1. The lowest BCUT2D eigenvalue weighted by Gasteiger charge is -2.11. The molecular formula is C14H11BrN4O2. The van der Waals surface area contributed by atoms with E-state index in [0.717, 1.165) is 10.0 Å². The molecule has 0 aliphatic carbocycles. The maximum atomic E-state index is 11.6. The molecule has 0 radical (unpaired) electrons. The van der Waals surface area contributed by atoms with Crippen LogP contribution in [0.25, 0.3) is 0 Å². The first-order valence-corrected chi connectivity index (χ1v) is 6.94. The van der Waals surface area contributed by atoms with Gasteiger partial charge in [-0.2, -0.15) is 0 Å². The molecule has 0 saturated carbocycles. The van der Waals surface area contributed by atoms with Gasteiger partial charge in [-0.1, -0.05) is 0 Å². The standard InChI is InChI=1S/C14H11BrN4O2/c1-6-10(16)5-17-12(11(6)15)18-7-2-3-8-9(4-7)14(21)19-13(8)20/h2-5H,16H2,1H3,(H,17,18)(H,19,20,21). The lowest BCUT2D eigenvalue weighted by Crippen LogP contribution is -2.19. The van der Waals surface area contributed by atoms with Gasteiger partial charge in [-0.15, -0.1) is 0 Å². The van der Waals surface area contributed by atoms with Gasteiger partial charge in [0.25, 0.3) is 11.8 Å². The number of nitrogens with two attached hydrogens (primary N) is 1. The van der Waals surface area contributed by atoms with E-state index in [-0.39, 0.29) is 11.8 Å². The van der Waals surface area contributed by atoms with Gasteiger partial charge >= 0.3 is 0 Å². The van der Waals surface area contributed by atoms with Crippen molar-refractivity contribution in [1.29, 1.82) is 0 Å². The molecule has 0 atom stereocenters. The van der Waals surface area contributed by atoms with Crippen LogP contribution < -0.4 is 16.4 Å². The lowest BCUT2D eigenvalue weighted by molar-refractivity contribution is 0.0879. The average molecular weight is 347 g/mol. The van der Waals surface area contributed by atoms with Crippen molar-refractivity contribution < 1.29 is 9.59 Å². The summed E-state index contributed by atoms with van der Waals surface area (Å²) in [6, 6.07) is 4.95. The Morgan fingerprint density at radius 1 is 1.24 bits per heavy atom. The van der Waals surface area contributed by atoms with Crippen LogP contribution in [0, 0.1) is 6.92 Å². The summed E-state index contributed by atoms with van der Waals surface area (Å²) in [6.07, 6.45) is 1.56. The summed E-state index contributed by atoms with van der Waals surface area (Å²) in [7, 11) is 0. The highest BCUT2D eigenvalue weighted by Gasteiger charge is 2.26. The van der Waals surface area contributed by atoms with Crippen LogP contribution in [-0.4, -0.2) is 16.8 Å². The number of nitrogen functional groups attached to an aromatic ring is 1. The second kappa shape index (κ2) is 4.85. The van der Waals surface area contributed by atoms with Crippen LogP contribution in [-0.2, 0) is 0 Å². The molecule has 1 aromatic carbocycles. The van der Waals surface area contributed by atoms with Gasteiger partial charge in [-0.05, 0) is 46.6 Å². The Morgan fingerprint density at radius 3 is 2.71 bits per heavy atom. The van der Waals surface area contributed by atoms with Gasteiger partial charge in [-0.25, -0.2) is 4.98 Å². The molecule has 0 saturated heterocycles. The molecule has 2 aromatic rings. The fraction of sp³-hybridized carbons (Fsp3) is 0.0714. The predicted octanol–water partition coefficient (Wildman–Crippen LogP) is 2.36. The van der Waals surface area contributed by atoms with E-state index in [1.54, 1.807) is 24.4 Å². The molecule has 106 valence electrons. The van der Waals surface area contributed by atoms with E-state index >= 15 is 0 Å². The molecule has 0 fully saturated rings. The van der Waals surface area contributed by atoms with Gasteiger partial charge in [0, 0.05) is 5.69 Å². The first-order valence-electron chi connectivity index (χ1n) is 6.14. The summed E-state index contributed by atoms with van der Waals surface area (Å²) >= 11 is 3.43. The number of hydrogen-bond donors (Lipinski definition) is 3. The molecule has 1 aliphatic rings. The van der Waals surface area contributed by atoms with E-state index in [0.29, 0.717) is 28.3 Å². The number of carbonyl (C=O) groups excluding carboxylic acids is 2. The summed E-state index contributed by atoms with van der Waals surface area (Å²) in [5.41, 5.74) is 8.64. The van der Waals surface area contributed by atoms with Crippen molar-refractivity contribution >= 4 is 44.9 Å². The van der Waals surface area contributed by atoms with Crippen molar-refractivity contribution in [2.24, 2.45) is 0 Å². The topological polar surface area (TPSA) is 97.1 Å². The van der Waals surface area contributed by atoms with E-state index in [1.165, 1.54) is 0 Å². The van der Waals surface area contributed by atoms with E-state index < -0.39 is 0 Å². The third kappa shape index (κ3) is 2.25. The largest absolute Gasteiger partial charge is 0.397 e. The Morgan fingerprint density at radius 2 is 1.95 bits per heavy atom. The molecule has 0 spiro atoms. The zero-order valence-electron chi connectivity index (χ0n) is 11.0. The Labute approximate surface area is 128 Å². The van der Waals surface area contributed by atoms with E-state index in [2.05, 4.69) is 31.5 Å². The van der Waals surface area contributed by atoms with Gasteiger partial charge in [0.15, 0.2) is 0 Å². The molecular weight excluding hydrogens is 336 g/mol. The molecule has 21 heavy (non-hydrogen) atoms. The second-order valence-electron chi connectivity index (χ2n) is 4.67. The first-order chi connectivity index (χ1) is 9.97. The number of nitrogens with one attached hydrogen (secondary N) is 2. The number of halogens is 1. The number of rotatable bonds is 2. The van der Waals surface area contributed by atoms with E-state index in [9.17, 15) is 9.59 Å². The van der Waals surface area contributed by atoms with Crippen LogP contribution in [0.4, 0.5) is 17.2 Å². The monoisotopic (exact) mass is 346 g/mol. The Kier molecular flexibility index (Phi) is 3.13. The van der Waals surface area contributed by atoms with Crippen molar-refractivity contribution in [3.05, 3.63) is 45.6 Å². The number of amides is 2. The lowest BCUT2D eigenvalue weighted by atomic mass is 10.1. The number of aromatic nitrogens is 1. The Hall–Kier alpha value is -2.41. The fourth-order valence-electron chi connectivity index (χ4n) is 2.06. The maximum Gasteiger partial charge on any atom is 0.259 e. The number of fused-ring (bicyclic) bond motifs is 1. The molecule has 7 heteroatoms. The number of benzene rings is 1. The summed E-state index contributed by atoms with van der Waals surface area (Å²) in [4.78, 5) is 27.4. The molecule has 2 amide bonds. The highest BCUT2D eigenvalue weighted by molar-refractivity contribution is 9.10. The van der Waals surface area contributed by atoms with Crippen molar-refractivity contribution in [1.82, 2.24) is 10.3 Å². The highest BCUT2D eigenvalue weighted by atomic mass is 79.9. The van der Waals surface area contributed by atoms with Crippen LogP contribution >= 0.6 is 15.9 Å². The first kappa shape index (κ1) is 13.6. The van der Waals surface area contributed by atoms with Crippen LogP contribution in [0.2, 0.25) is 0 Å². The number of anilines is 3. The molecule has 4 N–H and O–H groups in total. The Balaban J connectivity index is 1.97. The van der Waals surface area contributed by atoms with Gasteiger partial charge in [0.1, 0.15) is 5.82 Å². The van der Waals surface area contributed by atoms with Crippen LogP contribution in [0.5, 0.6) is 0 Å². The summed E-state index contributed by atoms with van der Waals surface area (Å²) in [5, 5.41) is 5.35. The minimum atomic E-state index is -0.390. The summed E-state index contributed by atoms with van der Waals surface area (Å²) in [5.74, 6) is -0.172. The van der Waals surface area contributed by atoms with E-state index in [1.807, 2.05) is 6.92 Å². The summed E-state index contributed by atoms with van der Waals surface area (Å²) < 4.78 is 0.753. The maximum absolute atomic E-state index is 11.6. The van der Waals surface area contributed by atoms with Crippen molar-refractivity contribution in [2.75, 3.05) is 11.1 Å². The minimum absolute atomic E-state index is 0.355. The second-order valence-corrected chi connectivity index (χ2v) is 5.46. The van der Waals surface area contributed by atoms with Crippen LogP contribution in [0.3, 0.4) is 0 Å². The molecule has 3 rings (SSSR count). The quantitative estimate of drug-likeness (QED) is 0.725. The fourth-order valence-corrected chi connectivity index (χ4v) is 2.49. The van der Waals surface area contributed by atoms with Crippen molar-refractivity contribution in [3.8, 4) is 0 Å². The van der Waals surface area contributed by atoms with Gasteiger partial charge in [0.2, 0.25) is 0 Å². The summed E-state index contributed by atoms with van der Waals surface area (Å²) in [6.45, 7) is 1.88. The van der Waals surface area contributed by atoms with Crippen molar-refractivity contribution in [2.45, 2.75) is 6.92 Å². The van der Waals surface area contributed by atoms with Gasteiger partial charge < -0.3 is 11.1 Å². The van der Waals surface area contributed by atoms with Crippen LogP contribution in [0.15, 0.2) is 28.9 Å². The SMILES string of the molecule is Cc1c(N)cnc(Nc2ccc3c(c2)C(=O)NC3=O)c1Br. The zero-order valence-corrected chi connectivity index (χ0v) is 12.6. The Bertz CT molecular complexity index is 789. The van der Waals surface area contributed by atoms with Gasteiger partial charge in [0.05, 0.1) is 27.5 Å². The average Bonchev–Trinajstić information content (AvgIpc) is 2.74. The molecule has 1 aromatic heterocycles. The zero-order chi connectivity index (χ0) is 15.1. The minimum Gasteiger partial charge on any atom is -0.397 e. The number of hydrogen-bond acceptors (Lipinski definition) is 5. The third-order valence-electron chi connectivity index (χ3n) is 3.30. The molecule has 1 aliphatic heterocycles. The normalized spacial score (nSPS) is 13.0. The number of nitrogens with zero attached hydrogens (tertiary/aromatic N) is 1. The smallest absolute Gasteiger partial charge is 0.259 e. The number of carbonyl (C=O) groups is 2. The van der Waals surface area contributed by atoms with E-state index in [4.69, 9.17) is 5.73 Å². The molecule has 0 unspecified atom stereocenters. The van der Waals surface area contributed by atoms with Gasteiger partial charge in [-0.3, -0.25) is 14.9 Å².